The number of aliphatic hydroxyl groups excluding tert-OH is 1. The van der Waals surface area contributed by atoms with Gasteiger partial charge in [0.2, 0.25) is 5.78 Å². The highest BCUT2D eigenvalue weighted by Gasteiger charge is 2.16. The standard InChI is InChI=1S/C8H6BrNO4/c9-8(12)7(11)5-2-1-3-6(4-5)10(13)14/h1-4,8,12H. The summed E-state index contributed by atoms with van der Waals surface area (Å²) in [4.78, 5) is 21.0. The van der Waals surface area contributed by atoms with Gasteiger partial charge < -0.3 is 5.11 Å². The number of carbonyl (C=O) groups is 1. The number of hydrogen-bond donors (Lipinski definition) is 1. The Hall–Kier alpha value is -1.27. The van der Waals surface area contributed by atoms with Gasteiger partial charge in [-0.15, -0.1) is 0 Å². The minimum Gasteiger partial charge on any atom is -0.374 e. The summed E-state index contributed by atoms with van der Waals surface area (Å²) >= 11 is 2.67. The molecule has 74 valence electrons. The molecule has 5 nitrogen and oxygen atoms in total. The summed E-state index contributed by atoms with van der Waals surface area (Å²) < 4.78 is 0. The van der Waals surface area contributed by atoms with Crippen molar-refractivity contribution >= 4 is 27.4 Å². The molecule has 1 unspecified atom stereocenters. The van der Waals surface area contributed by atoms with E-state index >= 15 is 0 Å². The second-order valence-electron chi connectivity index (χ2n) is 2.51. The zero-order valence-electron chi connectivity index (χ0n) is 6.88. The van der Waals surface area contributed by atoms with Crippen LogP contribution >= 0.6 is 15.9 Å². The van der Waals surface area contributed by atoms with Crippen LogP contribution in [-0.2, 0) is 0 Å². The topological polar surface area (TPSA) is 80.4 Å². The first-order chi connectivity index (χ1) is 6.52. The monoisotopic (exact) mass is 259 g/mol. The van der Waals surface area contributed by atoms with Crippen LogP contribution in [0.1, 0.15) is 10.4 Å². The minimum atomic E-state index is -1.33. The van der Waals surface area contributed by atoms with Gasteiger partial charge in [-0.25, -0.2) is 0 Å². The Morgan fingerprint density at radius 2 is 2.21 bits per heavy atom. The lowest BCUT2D eigenvalue weighted by Crippen LogP contribution is -2.12. The SMILES string of the molecule is O=C(c1cccc([N+](=O)[O-])c1)C(O)Br. The van der Waals surface area contributed by atoms with Crippen molar-refractivity contribution in [3.63, 3.8) is 0 Å². The van der Waals surface area contributed by atoms with Crippen LogP contribution < -0.4 is 0 Å². The molecule has 0 spiro atoms. The maximum atomic E-state index is 11.2. The lowest BCUT2D eigenvalue weighted by Gasteiger charge is -2.01. The van der Waals surface area contributed by atoms with Gasteiger partial charge in [-0.2, -0.15) is 0 Å². The molecular formula is C8H6BrNO4. The Kier molecular flexibility index (Phi) is 3.32. The van der Waals surface area contributed by atoms with Gasteiger partial charge in [0.15, 0.2) is 5.01 Å². The first kappa shape index (κ1) is 10.8. The summed E-state index contributed by atoms with van der Waals surface area (Å²) in [6.07, 6.45) is 0. The fraction of sp³-hybridized carbons (Fsp3) is 0.125. The fourth-order valence-corrected chi connectivity index (χ4v) is 1.17. The number of aliphatic hydroxyl groups is 1. The Morgan fingerprint density at radius 1 is 1.57 bits per heavy atom. The van der Waals surface area contributed by atoms with E-state index in [1.54, 1.807) is 0 Å². The van der Waals surface area contributed by atoms with Gasteiger partial charge in [-0.3, -0.25) is 14.9 Å². The van der Waals surface area contributed by atoms with Crippen molar-refractivity contribution < 1.29 is 14.8 Å². The van der Waals surface area contributed by atoms with Gasteiger partial charge in [-0.05, 0) is 15.9 Å². The molecule has 0 aromatic heterocycles. The van der Waals surface area contributed by atoms with Crippen LogP contribution in [0.25, 0.3) is 0 Å². The molecule has 0 radical (unpaired) electrons. The number of non-ortho nitro benzene ring substituents is 1. The summed E-state index contributed by atoms with van der Waals surface area (Å²) in [6.45, 7) is 0. The van der Waals surface area contributed by atoms with E-state index in [1.807, 2.05) is 0 Å². The highest BCUT2D eigenvalue weighted by Crippen LogP contribution is 2.15. The third-order valence-corrected chi connectivity index (χ3v) is 1.97. The Labute approximate surface area is 87.6 Å². The third kappa shape index (κ3) is 2.36. The number of alkyl halides is 1. The number of hydrogen-bond acceptors (Lipinski definition) is 4. The second kappa shape index (κ2) is 4.30. The van der Waals surface area contributed by atoms with Crippen molar-refractivity contribution in [1.29, 1.82) is 0 Å². The maximum Gasteiger partial charge on any atom is 0.270 e. The zero-order chi connectivity index (χ0) is 10.7. The van der Waals surface area contributed by atoms with Gasteiger partial charge >= 0.3 is 0 Å². The average Bonchev–Trinajstić information content (AvgIpc) is 2.16. The molecule has 1 N–H and O–H groups in total. The number of ketones is 1. The quantitative estimate of drug-likeness (QED) is 0.386. The van der Waals surface area contributed by atoms with Crippen LogP contribution in [-0.4, -0.2) is 20.8 Å². The molecule has 0 aliphatic carbocycles. The lowest BCUT2D eigenvalue weighted by atomic mass is 10.1. The molecule has 0 fully saturated rings. The maximum absolute atomic E-state index is 11.2. The van der Waals surface area contributed by atoms with Crippen LogP contribution in [0, 0.1) is 10.1 Å². The van der Waals surface area contributed by atoms with E-state index in [0.717, 1.165) is 6.07 Å². The van der Waals surface area contributed by atoms with Gasteiger partial charge in [0, 0.05) is 17.7 Å². The molecule has 1 aromatic rings. The molecule has 0 heterocycles. The number of rotatable bonds is 3. The van der Waals surface area contributed by atoms with Crippen molar-refractivity contribution in [2.24, 2.45) is 0 Å². The molecule has 6 heteroatoms. The van der Waals surface area contributed by atoms with Crippen LogP contribution in [0.3, 0.4) is 0 Å². The van der Waals surface area contributed by atoms with Crippen LogP contribution in [0.5, 0.6) is 0 Å². The number of benzene rings is 1. The van der Waals surface area contributed by atoms with E-state index in [1.165, 1.54) is 18.2 Å². The molecule has 0 bridgehead atoms. The smallest absolute Gasteiger partial charge is 0.270 e. The summed E-state index contributed by atoms with van der Waals surface area (Å²) in [5, 5.41) is 17.9. The summed E-state index contributed by atoms with van der Waals surface area (Å²) in [6, 6.07) is 5.19. The lowest BCUT2D eigenvalue weighted by molar-refractivity contribution is -0.384. The van der Waals surface area contributed by atoms with Crippen molar-refractivity contribution in [1.82, 2.24) is 0 Å². The van der Waals surface area contributed by atoms with Crippen molar-refractivity contribution in [2.75, 3.05) is 0 Å². The largest absolute Gasteiger partial charge is 0.374 e. The first-order valence-corrected chi connectivity index (χ1v) is 4.55. The van der Waals surface area contributed by atoms with Crippen molar-refractivity contribution in [3.05, 3.63) is 39.9 Å². The zero-order valence-corrected chi connectivity index (χ0v) is 8.47. The van der Waals surface area contributed by atoms with Crippen LogP contribution in [0.15, 0.2) is 24.3 Å². The average molecular weight is 260 g/mol. The molecule has 0 amide bonds. The van der Waals surface area contributed by atoms with E-state index in [2.05, 4.69) is 15.9 Å². The molecule has 1 aromatic carbocycles. The molecule has 1 rings (SSSR count). The molecule has 14 heavy (non-hydrogen) atoms. The van der Waals surface area contributed by atoms with Gasteiger partial charge in [0.05, 0.1) is 4.92 Å². The summed E-state index contributed by atoms with van der Waals surface area (Å²) in [5.74, 6) is -0.603. The van der Waals surface area contributed by atoms with Crippen LogP contribution in [0.4, 0.5) is 5.69 Å². The third-order valence-electron chi connectivity index (χ3n) is 1.56. The van der Waals surface area contributed by atoms with Crippen LogP contribution in [0.2, 0.25) is 0 Å². The van der Waals surface area contributed by atoms with E-state index in [0.29, 0.717) is 0 Å². The minimum absolute atomic E-state index is 0.101. The first-order valence-electron chi connectivity index (χ1n) is 3.63. The highest BCUT2D eigenvalue weighted by molar-refractivity contribution is 9.09. The molecule has 1 atom stereocenters. The molecule has 0 aliphatic rings. The molecule has 0 saturated heterocycles. The molecule has 0 aliphatic heterocycles. The summed E-state index contributed by atoms with van der Waals surface area (Å²) in [5.41, 5.74) is -0.0763. The van der Waals surface area contributed by atoms with E-state index in [9.17, 15) is 14.9 Å². The molecular weight excluding hydrogens is 254 g/mol. The highest BCUT2D eigenvalue weighted by atomic mass is 79.9. The number of halogens is 1. The Balaban J connectivity index is 3.06. The number of Topliss-reactive ketones (excluding diaryl/α,β-unsaturated/α-hetero) is 1. The normalized spacial score (nSPS) is 12.1. The number of carbonyl (C=O) groups excluding carboxylic acids is 1. The van der Waals surface area contributed by atoms with Gasteiger partial charge in [0.25, 0.3) is 5.69 Å². The molecule has 0 saturated carbocycles. The van der Waals surface area contributed by atoms with E-state index in [-0.39, 0.29) is 11.3 Å². The summed E-state index contributed by atoms with van der Waals surface area (Å²) in [7, 11) is 0. The number of nitro groups is 1. The van der Waals surface area contributed by atoms with Gasteiger partial charge in [-0.1, -0.05) is 12.1 Å². The number of nitro benzene ring substituents is 1. The predicted molar refractivity (Wildman–Crippen MR) is 52.4 cm³/mol. The fourth-order valence-electron chi connectivity index (χ4n) is 0.910. The van der Waals surface area contributed by atoms with E-state index in [4.69, 9.17) is 5.11 Å². The predicted octanol–water partition coefficient (Wildman–Crippen LogP) is 1.49. The van der Waals surface area contributed by atoms with Gasteiger partial charge in [0.1, 0.15) is 0 Å². The van der Waals surface area contributed by atoms with Crippen molar-refractivity contribution in [3.8, 4) is 0 Å². The van der Waals surface area contributed by atoms with E-state index < -0.39 is 15.7 Å². The second-order valence-corrected chi connectivity index (χ2v) is 3.37. The number of nitrogens with zero attached hydrogens (tertiary/aromatic N) is 1. The Morgan fingerprint density at radius 3 is 2.71 bits per heavy atom. The van der Waals surface area contributed by atoms with Crippen molar-refractivity contribution in [2.45, 2.75) is 5.01 Å². The Bertz CT molecular complexity index is 377.